The molecule has 4 rings (SSSR count). The number of hydrogen-bond donors (Lipinski definition) is 1. The Morgan fingerprint density at radius 3 is 2.17 bits per heavy atom. The van der Waals surface area contributed by atoms with Crippen LogP contribution < -0.4 is 19.5 Å². The Bertz CT molecular complexity index is 1140. The van der Waals surface area contributed by atoms with Gasteiger partial charge in [0.2, 0.25) is 5.75 Å². The number of benzene rings is 3. The number of rotatable bonds is 6. The average Bonchev–Trinajstić information content (AvgIpc) is 3.22. The number of amides is 1. The van der Waals surface area contributed by atoms with E-state index < -0.39 is 0 Å². The smallest absolute Gasteiger partial charge is 0.255 e. The zero-order valence-electron chi connectivity index (χ0n) is 16.8. The predicted octanol–water partition coefficient (Wildman–Crippen LogP) is 5.24. The largest absolute Gasteiger partial charge is 0.493 e. The highest BCUT2D eigenvalue weighted by Crippen LogP contribution is 2.38. The first kappa shape index (κ1) is 19.7. The molecule has 0 aliphatic rings. The third-order valence-electron chi connectivity index (χ3n) is 4.61. The van der Waals surface area contributed by atoms with Crippen LogP contribution in [0, 0.1) is 0 Å². The maximum absolute atomic E-state index is 12.7. The summed E-state index contributed by atoms with van der Waals surface area (Å²) in [7, 11) is 4.55. The molecule has 0 radical (unpaired) electrons. The van der Waals surface area contributed by atoms with Gasteiger partial charge in [-0.15, -0.1) is 11.3 Å². The summed E-state index contributed by atoms with van der Waals surface area (Å²) >= 11 is 1.64. The van der Waals surface area contributed by atoms with Gasteiger partial charge in [-0.1, -0.05) is 12.1 Å². The molecule has 0 atom stereocenters. The van der Waals surface area contributed by atoms with Crippen LogP contribution in [0.1, 0.15) is 10.4 Å². The zero-order chi connectivity index (χ0) is 21.1. The van der Waals surface area contributed by atoms with Crippen molar-refractivity contribution in [1.29, 1.82) is 0 Å². The van der Waals surface area contributed by atoms with Crippen LogP contribution in [0.3, 0.4) is 0 Å². The molecule has 30 heavy (non-hydrogen) atoms. The number of carbonyl (C=O) groups is 1. The number of nitrogens with zero attached hydrogens (tertiary/aromatic N) is 1. The van der Waals surface area contributed by atoms with Crippen molar-refractivity contribution in [2.45, 2.75) is 0 Å². The van der Waals surface area contributed by atoms with Crippen LogP contribution in [0.15, 0.2) is 60.7 Å². The SMILES string of the molecule is COc1cc(C(=O)Nc2ccc(-c3nc4ccccc4s3)cc2)cc(OC)c1OC. The van der Waals surface area contributed by atoms with E-state index in [9.17, 15) is 4.79 Å². The number of hydrogen-bond acceptors (Lipinski definition) is 6. The first-order valence-electron chi connectivity index (χ1n) is 9.20. The molecule has 1 N–H and O–H groups in total. The molecular formula is C23H20N2O4S. The maximum Gasteiger partial charge on any atom is 0.255 e. The van der Waals surface area contributed by atoms with Crippen molar-refractivity contribution >= 4 is 33.1 Å². The Labute approximate surface area is 178 Å². The van der Waals surface area contributed by atoms with E-state index in [4.69, 9.17) is 14.2 Å². The number of aromatic nitrogens is 1. The highest BCUT2D eigenvalue weighted by atomic mass is 32.1. The van der Waals surface area contributed by atoms with E-state index in [0.29, 0.717) is 28.5 Å². The lowest BCUT2D eigenvalue weighted by molar-refractivity contribution is 0.102. The highest BCUT2D eigenvalue weighted by Gasteiger charge is 2.17. The van der Waals surface area contributed by atoms with Gasteiger partial charge >= 0.3 is 0 Å². The molecule has 0 unspecified atom stereocenters. The Morgan fingerprint density at radius 1 is 0.900 bits per heavy atom. The predicted molar refractivity (Wildman–Crippen MR) is 119 cm³/mol. The van der Waals surface area contributed by atoms with Gasteiger partial charge in [0.15, 0.2) is 11.5 Å². The lowest BCUT2D eigenvalue weighted by Crippen LogP contribution is -2.12. The number of nitrogens with one attached hydrogen (secondary N) is 1. The molecule has 0 aliphatic carbocycles. The van der Waals surface area contributed by atoms with Crippen LogP contribution in [-0.2, 0) is 0 Å². The van der Waals surface area contributed by atoms with E-state index >= 15 is 0 Å². The number of ether oxygens (including phenoxy) is 3. The van der Waals surface area contributed by atoms with Crippen LogP contribution in [0.25, 0.3) is 20.8 Å². The van der Waals surface area contributed by atoms with Crippen molar-refractivity contribution in [3.8, 4) is 27.8 Å². The Balaban J connectivity index is 1.55. The van der Waals surface area contributed by atoms with E-state index in [1.165, 1.54) is 21.3 Å². The fraction of sp³-hybridized carbons (Fsp3) is 0.130. The topological polar surface area (TPSA) is 69.7 Å². The van der Waals surface area contributed by atoms with Gasteiger partial charge in [0.25, 0.3) is 5.91 Å². The third-order valence-corrected chi connectivity index (χ3v) is 5.70. The molecule has 0 spiro atoms. The molecular weight excluding hydrogens is 400 g/mol. The molecule has 1 aromatic heterocycles. The van der Waals surface area contributed by atoms with E-state index in [0.717, 1.165) is 20.8 Å². The second kappa shape index (κ2) is 8.42. The minimum atomic E-state index is -0.276. The highest BCUT2D eigenvalue weighted by molar-refractivity contribution is 7.21. The number of thiazole rings is 1. The lowest BCUT2D eigenvalue weighted by atomic mass is 10.1. The minimum absolute atomic E-state index is 0.276. The standard InChI is InChI=1S/C23H20N2O4S/c1-27-18-12-15(13-19(28-2)21(18)29-3)22(26)24-16-10-8-14(9-11-16)23-25-17-6-4-5-7-20(17)30-23/h4-13H,1-3H3,(H,24,26). The summed E-state index contributed by atoms with van der Waals surface area (Å²) in [5.74, 6) is 1.01. The number of carbonyl (C=O) groups excluding carboxylic acids is 1. The van der Waals surface area contributed by atoms with Crippen LogP contribution in [-0.4, -0.2) is 32.2 Å². The van der Waals surface area contributed by atoms with Crippen molar-refractivity contribution in [2.75, 3.05) is 26.6 Å². The van der Waals surface area contributed by atoms with Crippen molar-refractivity contribution in [3.05, 3.63) is 66.2 Å². The van der Waals surface area contributed by atoms with Crippen molar-refractivity contribution in [1.82, 2.24) is 4.98 Å². The molecule has 0 aliphatic heterocycles. The van der Waals surface area contributed by atoms with E-state index in [2.05, 4.69) is 16.4 Å². The van der Waals surface area contributed by atoms with E-state index in [1.54, 1.807) is 23.5 Å². The summed E-state index contributed by atoms with van der Waals surface area (Å²) in [5, 5.41) is 3.84. The first-order chi connectivity index (χ1) is 14.6. The van der Waals surface area contributed by atoms with Crippen molar-refractivity contribution in [3.63, 3.8) is 0 Å². The summed E-state index contributed by atoms with van der Waals surface area (Å²) in [4.78, 5) is 17.4. The van der Waals surface area contributed by atoms with Gasteiger partial charge in [-0.2, -0.15) is 0 Å². The molecule has 0 saturated heterocycles. The third kappa shape index (κ3) is 3.79. The van der Waals surface area contributed by atoms with Gasteiger partial charge in [-0.05, 0) is 48.5 Å². The Hall–Kier alpha value is -3.58. The molecule has 0 bridgehead atoms. The van der Waals surface area contributed by atoms with E-state index in [1.807, 2.05) is 42.5 Å². The van der Waals surface area contributed by atoms with Crippen molar-refractivity contribution in [2.24, 2.45) is 0 Å². The lowest BCUT2D eigenvalue weighted by Gasteiger charge is -2.14. The number of methoxy groups -OCH3 is 3. The molecule has 4 aromatic rings. The molecule has 0 saturated carbocycles. The molecule has 1 amide bonds. The first-order valence-corrected chi connectivity index (χ1v) is 10.0. The number of fused-ring (bicyclic) bond motifs is 1. The van der Waals surface area contributed by atoms with Gasteiger partial charge in [-0.25, -0.2) is 4.98 Å². The molecule has 0 fully saturated rings. The van der Waals surface area contributed by atoms with Crippen LogP contribution in [0.5, 0.6) is 17.2 Å². The Kier molecular flexibility index (Phi) is 5.54. The number of para-hydroxylation sites is 1. The average molecular weight is 420 g/mol. The summed E-state index contributed by atoms with van der Waals surface area (Å²) in [6.07, 6.45) is 0. The second-order valence-corrected chi connectivity index (χ2v) is 7.46. The van der Waals surface area contributed by atoms with Gasteiger partial charge in [0, 0.05) is 16.8 Å². The number of anilines is 1. The van der Waals surface area contributed by atoms with E-state index in [-0.39, 0.29) is 5.91 Å². The fourth-order valence-corrected chi connectivity index (χ4v) is 4.08. The molecule has 7 heteroatoms. The minimum Gasteiger partial charge on any atom is -0.493 e. The molecule has 3 aromatic carbocycles. The quantitative estimate of drug-likeness (QED) is 0.462. The van der Waals surface area contributed by atoms with Crippen LogP contribution >= 0.6 is 11.3 Å². The Morgan fingerprint density at radius 2 is 1.57 bits per heavy atom. The van der Waals surface area contributed by atoms with Gasteiger partial charge in [0.1, 0.15) is 5.01 Å². The van der Waals surface area contributed by atoms with Crippen molar-refractivity contribution < 1.29 is 19.0 Å². The summed E-state index contributed by atoms with van der Waals surface area (Å²) < 4.78 is 17.1. The van der Waals surface area contributed by atoms with Gasteiger partial charge in [-0.3, -0.25) is 4.79 Å². The molecule has 6 nitrogen and oxygen atoms in total. The monoisotopic (exact) mass is 420 g/mol. The van der Waals surface area contributed by atoms with Crippen LogP contribution in [0.4, 0.5) is 5.69 Å². The summed E-state index contributed by atoms with van der Waals surface area (Å²) in [6.45, 7) is 0. The van der Waals surface area contributed by atoms with Gasteiger partial charge < -0.3 is 19.5 Å². The summed E-state index contributed by atoms with van der Waals surface area (Å²) in [5.41, 5.74) is 3.07. The normalized spacial score (nSPS) is 10.6. The molecule has 152 valence electrons. The zero-order valence-corrected chi connectivity index (χ0v) is 17.6. The summed E-state index contributed by atoms with van der Waals surface area (Å²) in [6, 6.07) is 18.9. The van der Waals surface area contributed by atoms with Gasteiger partial charge in [0.05, 0.1) is 31.5 Å². The van der Waals surface area contributed by atoms with Crippen LogP contribution in [0.2, 0.25) is 0 Å². The fourth-order valence-electron chi connectivity index (χ4n) is 3.11. The molecule has 1 heterocycles. The maximum atomic E-state index is 12.7. The second-order valence-electron chi connectivity index (χ2n) is 6.43.